The molecule has 2 N–H and O–H groups in total. The summed E-state index contributed by atoms with van der Waals surface area (Å²) in [5, 5.41) is 7.08. The minimum Gasteiger partial charge on any atom is -0.347 e. The second-order valence-electron chi connectivity index (χ2n) is 5.18. The highest BCUT2D eigenvalue weighted by molar-refractivity contribution is 6.31. The van der Waals surface area contributed by atoms with Crippen molar-refractivity contribution in [2.24, 2.45) is 0 Å². The molecule has 1 aromatic carbocycles. The molecule has 1 aliphatic heterocycles. The third-order valence-corrected chi connectivity index (χ3v) is 4.04. The Morgan fingerprint density at radius 3 is 2.63 bits per heavy atom. The fraction of sp³-hybridized carbons (Fsp3) is 0.500. The number of rotatable bonds is 2. The van der Waals surface area contributed by atoms with Gasteiger partial charge >= 0.3 is 0 Å². The monoisotopic (exact) mass is 302 g/mol. The number of piperidine rings is 1. The van der Waals surface area contributed by atoms with E-state index in [1.807, 2.05) is 19.1 Å². The molecule has 0 aromatic heterocycles. The molecule has 1 aromatic rings. The second-order valence-corrected chi connectivity index (χ2v) is 5.58. The molecule has 1 fully saturated rings. The summed E-state index contributed by atoms with van der Waals surface area (Å²) in [6.45, 7) is 5.88. The number of carbonyl (C=O) groups is 1. The molecule has 1 heterocycles. The lowest BCUT2D eigenvalue weighted by Gasteiger charge is -2.35. The van der Waals surface area contributed by atoms with Gasteiger partial charge < -0.3 is 10.6 Å². The van der Waals surface area contributed by atoms with E-state index in [0.717, 1.165) is 31.5 Å². The molecule has 3 nitrogen and oxygen atoms in total. The fourth-order valence-electron chi connectivity index (χ4n) is 2.30. The van der Waals surface area contributed by atoms with E-state index in [1.165, 1.54) is 0 Å². The summed E-state index contributed by atoms with van der Waals surface area (Å²) in [5.74, 6) is -0.0283. The quantitative estimate of drug-likeness (QED) is 0.882. The maximum atomic E-state index is 12.3. The zero-order valence-corrected chi connectivity index (χ0v) is 12.8. The van der Waals surface area contributed by atoms with E-state index in [9.17, 15) is 4.79 Å². The largest absolute Gasteiger partial charge is 0.347 e. The van der Waals surface area contributed by atoms with Crippen molar-refractivity contribution >= 4 is 29.9 Å². The van der Waals surface area contributed by atoms with Crippen LogP contribution in [-0.4, -0.2) is 24.5 Å². The van der Waals surface area contributed by atoms with Crippen molar-refractivity contribution in [3.8, 4) is 0 Å². The van der Waals surface area contributed by atoms with Gasteiger partial charge in [0.1, 0.15) is 0 Å². The minimum atomic E-state index is -0.114. The van der Waals surface area contributed by atoms with Gasteiger partial charge in [-0.2, -0.15) is 0 Å². The molecule has 0 radical (unpaired) electrons. The molecule has 0 unspecified atom stereocenters. The molecule has 0 spiro atoms. The van der Waals surface area contributed by atoms with Crippen molar-refractivity contribution in [1.29, 1.82) is 0 Å². The van der Waals surface area contributed by atoms with E-state index >= 15 is 0 Å². The Labute approximate surface area is 125 Å². The molecule has 19 heavy (non-hydrogen) atoms. The predicted octanol–water partition coefficient (Wildman–Crippen LogP) is 2.94. The van der Waals surface area contributed by atoms with E-state index < -0.39 is 0 Å². The summed E-state index contributed by atoms with van der Waals surface area (Å²) < 4.78 is 0. The molecular weight excluding hydrogens is 283 g/mol. The van der Waals surface area contributed by atoms with Crippen LogP contribution >= 0.6 is 24.0 Å². The van der Waals surface area contributed by atoms with Crippen molar-refractivity contribution in [2.45, 2.75) is 32.2 Å². The van der Waals surface area contributed by atoms with E-state index in [1.54, 1.807) is 6.07 Å². The van der Waals surface area contributed by atoms with Crippen LogP contribution < -0.4 is 10.6 Å². The summed E-state index contributed by atoms with van der Waals surface area (Å²) >= 11 is 6.05. The highest BCUT2D eigenvalue weighted by Gasteiger charge is 2.29. The Morgan fingerprint density at radius 1 is 1.37 bits per heavy atom. The van der Waals surface area contributed by atoms with Gasteiger partial charge in [-0.25, -0.2) is 0 Å². The van der Waals surface area contributed by atoms with Crippen LogP contribution in [-0.2, 0) is 0 Å². The molecular formula is C14H20Cl2N2O. The number of benzene rings is 1. The Hall–Kier alpha value is -0.770. The average molecular weight is 303 g/mol. The van der Waals surface area contributed by atoms with Crippen LogP contribution in [0.2, 0.25) is 5.02 Å². The molecule has 1 saturated heterocycles. The van der Waals surface area contributed by atoms with Crippen molar-refractivity contribution in [3.63, 3.8) is 0 Å². The summed E-state index contributed by atoms with van der Waals surface area (Å²) in [6, 6.07) is 5.44. The Balaban J connectivity index is 0.00000180. The van der Waals surface area contributed by atoms with Crippen LogP contribution in [0.25, 0.3) is 0 Å². The second kappa shape index (κ2) is 6.60. The molecule has 1 aliphatic rings. The van der Waals surface area contributed by atoms with Gasteiger partial charge in [-0.15, -0.1) is 12.4 Å². The number of amides is 1. The Kier molecular flexibility index (Phi) is 5.65. The molecule has 0 atom stereocenters. The van der Waals surface area contributed by atoms with Gasteiger partial charge in [-0.3, -0.25) is 4.79 Å². The molecule has 2 rings (SSSR count). The molecule has 0 bridgehead atoms. The summed E-state index contributed by atoms with van der Waals surface area (Å²) in [6.07, 6.45) is 1.91. The number of hydrogen-bond acceptors (Lipinski definition) is 2. The number of nitrogens with one attached hydrogen (secondary N) is 2. The van der Waals surface area contributed by atoms with Gasteiger partial charge in [0.05, 0.1) is 0 Å². The lowest BCUT2D eigenvalue weighted by molar-refractivity contribution is 0.0887. The predicted molar refractivity (Wildman–Crippen MR) is 81.4 cm³/mol. The first kappa shape index (κ1) is 16.3. The van der Waals surface area contributed by atoms with E-state index in [2.05, 4.69) is 17.6 Å². The third kappa shape index (κ3) is 3.85. The van der Waals surface area contributed by atoms with Gasteiger partial charge in [-0.1, -0.05) is 17.7 Å². The van der Waals surface area contributed by atoms with E-state index in [0.29, 0.717) is 10.6 Å². The maximum Gasteiger partial charge on any atom is 0.252 e. The van der Waals surface area contributed by atoms with Gasteiger partial charge in [0, 0.05) is 16.1 Å². The van der Waals surface area contributed by atoms with E-state index in [4.69, 9.17) is 11.6 Å². The maximum absolute atomic E-state index is 12.3. The van der Waals surface area contributed by atoms with Gasteiger partial charge in [0.2, 0.25) is 0 Å². The van der Waals surface area contributed by atoms with Crippen LogP contribution in [0, 0.1) is 6.92 Å². The molecule has 106 valence electrons. The highest BCUT2D eigenvalue weighted by Crippen LogP contribution is 2.21. The van der Waals surface area contributed by atoms with Crippen LogP contribution in [0.1, 0.15) is 35.7 Å². The highest BCUT2D eigenvalue weighted by atomic mass is 35.5. The normalized spacial score (nSPS) is 17.4. The number of halogens is 2. The smallest absolute Gasteiger partial charge is 0.252 e. The number of carbonyl (C=O) groups excluding carboxylic acids is 1. The lowest BCUT2D eigenvalue weighted by atomic mass is 9.90. The SMILES string of the molecule is Cc1c(Cl)cccc1C(=O)NC1(C)CCNCC1.Cl. The lowest BCUT2D eigenvalue weighted by Crippen LogP contribution is -2.52. The minimum absolute atomic E-state index is 0. The Morgan fingerprint density at radius 2 is 2.00 bits per heavy atom. The van der Waals surface area contributed by atoms with Crippen molar-refractivity contribution < 1.29 is 4.79 Å². The van der Waals surface area contributed by atoms with Gasteiger partial charge in [0.15, 0.2) is 0 Å². The van der Waals surface area contributed by atoms with Crippen molar-refractivity contribution in [3.05, 3.63) is 34.3 Å². The zero-order chi connectivity index (χ0) is 13.2. The van der Waals surface area contributed by atoms with Crippen molar-refractivity contribution in [1.82, 2.24) is 10.6 Å². The van der Waals surface area contributed by atoms with Crippen molar-refractivity contribution in [2.75, 3.05) is 13.1 Å². The van der Waals surface area contributed by atoms with Crippen LogP contribution in [0.15, 0.2) is 18.2 Å². The molecule has 0 aliphatic carbocycles. The fourth-order valence-corrected chi connectivity index (χ4v) is 2.47. The average Bonchev–Trinajstić information content (AvgIpc) is 2.33. The van der Waals surface area contributed by atoms with Gasteiger partial charge in [0.25, 0.3) is 5.91 Å². The first-order valence-corrected chi connectivity index (χ1v) is 6.68. The third-order valence-electron chi connectivity index (χ3n) is 3.63. The summed E-state index contributed by atoms with van der Waals surface area (Å²) in [5.41, 5.74) is 1.40. The summed E-state index contributed by atoms with van der Waals surface area (Å²) in [7, 11) is 0. The first-order chi connectivity index (χ1) is 8.52. The van der Waals surface area contributed by atoms with Gasteiger partial charge in [-0.05, 0) is 57.5 Å². The summed E-state index contributed by atoms with van der Waals surface area (Å²) in [4.78, 5) is 12.3. The molecule has 0 saturated carbocycles. The van der Waals surface area contributed by atoms with Crippen LogP contribution in [0.5, 0.6) is 0 Å². The zero-order valence-electron chi connectivity index (χ0n) is 11.3. The van der Waals surface area contributed by atoms with Crippen LogP contribution in [0.3, 0.4) is 0 Å². The number of hydrogen-bond donors (Lipinski definition) is 2. The standard InChI is InChI=1S/C14H19ClN2O.ClH/c1-10-11(4-3-5-12(10)15)13(18)17-14(2)6-8-16-9-7-14;/h3-5,16H,6-9H2,1-2H3,(H,17,18);1H. The Bertz CT molecular complexity index is 457. The molecule has 5 heteroatoms. The van der Waals surface area contributed by atoms with Crippen LogP contribution in [0.4, 0.5) is 0 Å². The molecule has 1 amide bonds. The van der Waals surface area contributed by atoms with E-state index in [-0.39, 0.29) is 23.9 Å². The topological polar surface area (TPSA) is 41.1 Å². The first-order valence-electron chi connectivity index (χ1n) is 6.30.